The number of amides is 2. The monoisotopic (exact) mass is 503 g/mol. The van der Waals surface area contributed by atoms with Gasteiger partial charge in [-0.2, -0.15) is 0 Å². The van der Waals surface area contributed by atoms with Gasteiger partial charge in [0.05, 0.1) is 32.7 Å². The summed E-state index contributed by atoms with van der Waals surface area (Å²) in [6.07, 6.45) is 1.01. The van der Waals surface area contributed by atoms with Crippen LogP contribution in [0, 0.1) is 6.92 Å². The molecule has 0 spiro atoms. The van der Waals surface area contributed by atoms with E-state index in [0.29, 0.717) is 32.8 Å². The lowest BCUT2D eigenvalue weighted by atomic mass is 10.1. The van der Waals surface area contributed by atoms with E-state index in [4.69, 9.17) is 9.15 Å². The molecule has 37 heavy (non-hydrogen) atoms. The minimum absolute atomic E-state index is 0.0374. The van der Waals surface area contributed by atoms with Crippen molar-refractivity contribution in [3.63, 3.8) is 0 Å². The van der Waals surface area contributed by atoms with Crippen molar-refractivity contribution in [3.05, 3.63) is 95.4 Å². The number of hydrogen-bond acceptors (Lipinski definition) is 5. The quantitative estimate of drug-likeness (QED) is 0.378. The molecule has 0 atom stereocenters. The number of carbonyl (C=O) groups excluding carboxylic acids is 2. The fraction of sp³-hybridized carbons (Fsp3) is 0.400. The number of furan rings is 1. The third-order valence-corrected chi connectivity index (χ3v) is 6.68. The Morgan fingerprint density at radius 2 is 1.49 bits per heavy atom. The smallest absolute Gasteiger partial charge is 0.242 e. The maximum atomic E-state index is 13.7. The van der Waals surface area contributed by atoms with E-state index < -0.39 is 0 Å². The average Bonchev–Trinajstić information content (AvgIpc) is 3.35. The summed E-state index contributed by atoms with van der Waals surface area (Å²) in [5.41, 5.74) is 2.11. The Labute approximate surface area is 219 Å². The Morgan fingerprint density at radius 1 is 0.811 bits per heavy atom. The molecule has 2 heterocycles. The highest BCUT2D eigenvalue weighted by Gasteiger charge is 2.23. The normalized spacial score (nSPS) is 13.9. The molecule has 0 aliphatic carbocycles. The van der Waals surface area contributed by atoms with E-state index in [1.54, 1.807) is 4.90 Å². The van der Waals surface area contributed by atoms with Crippen molar-refractivity contribution in [2.45, 2.75) is 26.3 Å². The molecule has 0 N–H and O–H groups in total. The zero-order valence-corrected chi connectivity index (χ0v) is 21.7. The number of hydrogen-bond donors (Lipinski definition) is 0. The van der Waals surface area contributed by atoms with Crippen LogP contribution in [0.4, 0.5) is 0 Å². The summed E-state index contributed by atoms with van der Waals surface area (Å²) in [5.74, 6) is 1.45. The lowest BCUT2D eigenvalue weighted by Gasteiger charge is -2.31. The molecule has 0 bridgehead atoms. The van der Waals surface area contributed by atoms with Gasteiger partial charge >= 0.3 is 0 Å². The first-order valence-corrected chi connectivity index (χ1v) is 13.1. The predicted molar refractivity (Wildman–Crippen MR) is 143 cm³/mol. The third-order valence-electron chi connectivity index (χ3n) is 6.68. The molecule has 1 aromatic heterocycles. The van der Waals surface area contributed by atoms with Gasteiger partial charge in [-0.05, 0) is 36.6 Å². The van der Waals surface area contributed by atoms with E-state index in [2.05, 4.69) is 17.0 Å². The highest BCUT2D eigenvalue weighted by atomic mass is 16.5. The van der Waals surface area contributed by atoms with Crippen molar-refractivity contribution < 1.29 is 18.7 Å². The summed E-state index contributed by atoms with van der Waals surface area (Å²) in [7, 11) is 0. The number of carbonyl (C=O) groups is 2. The van der Waals surface area contributed by atoms with Crippen LogP contribution in [0.5, 0.6) is 0 Å². The molecular weight excluding hydrogens is 466 g/mol. The molecule has 1 aliphatic rings. The lowest BCUT2D eigenvalue weighted by Crippen LogP contribution is -2.47. The summed E-state index contributed by atoms with van der Waals surface area (Å²) >= 11 is 0. The summed E-state index contributed by atoms with van der Waals surface area (Å²) in [5, 5.41) is 0. The molecule has 2 amide bonds. The largest absolute Gasteiger partial charge is 0.464 e. The lowest BCUT2D eigenvalue weighted by molar-refractivity contribution is -0.141. The molecule has 0 unspecified atom stereocenters. The molecule has 7 nitrogen and oxygen atoms in total. The van der Waals surface area contributed by atoms with Crippen molar-refractivity contribution in [1.82, 2.24) is 14.7 Å². The zero-order chi connectivity index (χ0) is 25.9. The second-order valence-electron chi connectivity index (χ2n) is 9.49. The van der Waals surface area contributed by atoms with Gasteiger partial charge < -0.3 is 19.0 Å². The standard InChI is InChI=1S/C30H37N3O4/c1-25-12-13-28(37-25)23-32(15-14-26-8-4-2-5-9-26)30(35)24-33(17-16-31-18-20-36-21-19-31)29(34)22-27-10-6-3-7-11-27/h2-13H,14-24H2,1H3. The highest BCUT2D eigenvalue weighted by molar-refractivity contribution is 5.86. The highest BCUT2D eigenvalue weighted by Crippen LogP contribution is 2.13. The van der Waals surface area contributed by atoms with Gasteiger partial charge in [0, 0.05) is 32.7 Å². The van der Waals surface area contributed by atoms with Gasteiger partial charge in [-0.15, -0.1) is 0 Å². The minimum Gasteiger partial charge on any atom is -0.464 e. The second-order valence-corrected chi connectivity index (χ2v) is 9.49. The van der Waals surface area contributed by atoms with Crippen LogP contribution < -0.4 is 0 Å². The Morgan fingerprint density at radius 3 is 2.14 bits per heavy atom. The average molecular weight is 504 g/mol. The Balaban J connectivity index is 1.46. The topological polar surface area (TPSA) is 66.2 Å². The van der Waals surface area contributed by atoms with Gasteiger partial charge in [0.1, 0.15) is 11.5 Å². The van der Waals surface area contributed by atoms with E-state index >= 15 is 0 Å². The van der Waals surface area contributed by atoms with Gasteiger partial charge in [0.2, 0.25) is 11.8 Å². The van der Waals surface area contributed by atoms with Crippen molar-refractivity contribution in [1.29, 1.82) is 0 Å². The van der Waals surface area contributed by atoms with Crippen molar-refractivity contribution >= 4 is 11.8 Å². The van der Waals surface area contributed by atoms with Crippen LogP contribution in [0.1, 0.15) is 22.6 Å². The summed E-state index contributed by atoms with van der Waals surface area (Å²) < 4.78 is 11.2. The molecule has 196 valence electrons. The van der Waals surface area contributed by atoms with Gasteiger partial charge in [-0.25, -0.2) is 0 Å². The predicted octanol–water partition coefficient (Wildman–Crippen LogP) is 3.56. The third kappa shape index (κ3) is 8.58. The van der Waals surface area contributed by atoms with Crippen LogP contribution in [0.25, 0.3) is 0 Å². The molecule has 1 fully saturated rings. The second kappa shape index (κ2) is 13.8. The van der Waals surface area contributed by atoms with Crippen molar-refractivity contribution in [3.8, 4) is 0 Å². The van der Waals surface area contributed by atoms with Crippen LogP contribution in [-0.4, -0.2) is 79.0 Å². The Kier molecular flexibility index (Phi) is 9.91. The number of rotatable bonds is 12. The zero-order valence-electron chi connectivity index (χ0n) is 21.7. The molecule has 1 saturated heterocycles. The van der Waals surface area contributed by atoms with Crippen LogP contribution >= 0.6 is 0 Å². The maximum Gasteiger partial charge on any atom is 0.242 e. The first kappa shape index (κ1) is 26.6. The first-order valence-electron chi connectivity index (χ1n) is 13.1. The molecule has 7 heteroatoms. The van der Waals surface area contributed by atoms with Crippen LogP contribution in [0.3, 0.4) is 0 Å². The molecule has 4 rings (SSSR count). The van der Waals surface area contributed by atoms with Gasteiger partial charge in [-0.3, -0.25) is 14.5 Å². The van der Waals surface area contributed by atoms with E-state index in [9.17, 15) is 9.59 Å². The van der Waals surface area contributed by atoms with E-state index in [1.807, 2.05) is 72.5 Å². The summed E-state index contributed by atoms with van der Waals surface area (Å²) in [6.45, 7) is 7.18. The summed E-state index contributed by atoms with van der Waals surface area (Å²) in [6, 6.07) is 23.7. The molecule has 0 radical (unpaired) electrons. The van der Waals surface area contributed by atoms with Crippen molar-refractivity contribution in [2.75, 3.05) is 52.5 Å². The number of ether oxygens (including phenoxy) is 1. The fourth-order valence-corrected chi connectivity index (χ4v) is 4.48. The molecule has 0 saturated carbocycles. The molecule has 2 aromatic carbocycles. The Bertz CT molecular complexity index is 1110. The molecule has 1 aliphatic heterocycles. The van der Waals surface area contributed by atoms with Gasteiger partial charge in [0.25, 0.3) is 0 Å². The number of aryl methyl sites for hydroxylation is 1. The van der Waals surface area contributed by atoms with Gasteiger partial charge in [0.15, 0.2) is 0 Å². The van der Waals surface area contributed by atoms with E-state index in [-0.39, 0.29) is 24.8 Å². The fourth-order valence-electron chi connectivity index (χ4n) is 4.48. The minimum atomic E-state index is -0.0756. The van der Waals surface area contributed by atoms with E-state index in [0.717, 1.165) is 43.1 Å². The SMILES string of the molecule is Cc1ccc(CN(CCc2ccccc2)C(=O)CN(CCN2CCOCC2)C(=O)Cc2ccccc2)o1. The van der Waals surface area contributed by atoms with E-state index in [1.165, 1.54) is 5.56 Å². The van der Waals surface area contributed by atoms with Gasteiger partial charge in [-0.1, -0.05) is 60.7 Å². The number of nitrogens with zero attached hydrogens (tertiary/aromatic N) is 3. The number of morpholine rings is 1. The van der Waals surface area contributed by atoms with Crippen LogP contribution in [0.15, 0.2) is 77.2 Å². The maximum absolute atomic E-state index is 13.7. The van der Waals surface area contributed by atoms with Crippen LogP contribution in [-0.2, 0) is 33.7 Å². The number of benzene rings is 2. The first-order chi connectivity index (χ1) is 18.1. The summed E-state index contributed by atoms with van der Waals surface area (Å²) in [4.78, 5) is 32.8. The van der Waals surface area contributed by atoms with Crippen molar-refractivity contribution in [2.24, 2.45) is 0 Å². The molecule has 3 aromatic rings. The Hall–Kier alpha value is -3.42. The molecular formula is C30H37N3O4. The van der Waals surface area contributed by atoms with Crippen LogP contribution in [0.2, 0.25) is 0 Å².